The third-order valence-electron chi connectivity index (χ3n) is 2.86. The predicted octanol–water partition coefficient (Wildman–Crippen LogP) is 3.92. The van der Waals surface area contributed by atoms with Crippen molar-refractivity contribution in [2.45, 2.75) is 20.5 Å². The number of nitrogens with zero attached hydrogens (tertiary/aromatic N) is 2. The Morgan fingerprint density at radius 2 is 1.79 bits per heavy atom. The van der Waals surface area contributed by atoms with Crippen LogP contribution in [0.4, 0.5) is 11.4 Å². The molecule has 0 aliphatic heterocycles. The van der Waals surface area contributed by atoms with Crippen LogP contribution in [0.1, 0.15) is 16.7 Å². The molecular weight excluding hydrogens is 240 g/mol. The topological polar surface area (TPSA) is 65.2 Å². The molecule has 0 aliphatic carbocycles. The molecule has 0 aromatic heterocycles. The molecule has 2 rings (SSSR count). The average molecular weight is 256 g/mol. The van der Waals surface area contributed by atoms with Gasteiger partial charge < -0.3 is 10.2 Å². The zero-order valence-corrected chi connectivity index (χ0v) is 11.0. The van der Waals surface area contributed by atoms with Gasteiger partial charge in [0.05, 0.1) is 18.0 Å². The van der Waals surface area contributed by atoms with Crippen molar-refractivity contribution in [3.8, 4) is 5.75 Å². The lowest BCUT2D eigenvalue weighted by Crippen LogP contribution is -1.82. The number of aromatic hydroxyl groups is 1. The molecule has 2 N–H and O–H groups in total. The number of azo groups is 1. The molecule has 0 atom stereocenters. The number of phenols is 1. The van der Waals surface area contributed by atoms with Crippen LogP contribution in [0.3, 0.4) is 0 Å². The zero-order chi connectivity index (χ0) is 13.8. The first-order valence-corrected chi connectivity index (χ1v) is 6.02. The van der Waals surface area contributed by atoms with E-state index in [-0.39, 0.29) is 12.4 Å². The number of rotatable bonds is 3. The Kier molecular flexibility index (Phi) is 3.92. The van der Waals surface area contributed by atoms with Gasteiger partial charge >= 0.3 is 0 Å². The Hall–Kier alpha value is -2.20. The minimum Gasteiger partial charge on any atom is -0.508 e. The number of benzene rings is 2. The fourth-order valence-electron chi connectivity index (χ4n) is 1.79. The van der Waals surface area contributed by atoms with Crippen molar-refractivity contribution < 1.29 is 10.2 Å². The number of aliphatic hydroxyl groups excluding tert-OH is 1. The molecule has 0 heterocycles. The number of aryl methyl sites for hydroxylation is 2. The first-order chi connectivity index (χ1) is 9.10. The smallest absolute Gasteiger partial charge is 0.121 e. The maximum atomic E-state index is 9.46. The quantitative estimate of drug-likeness (QED) is 0.817. The van der Waals surface area contributed by atoms with Crippen LogP contribution < -0.4 is 0 Å². The summed E-state index contributed by atoms with van der Waals surface area (Å²) in [7, 11) is 0. The molecule has 0 saturated carbocycles. The Morgan fingerprint density at radius 3 is 2.47 bits per heavy atom. The van der Waals surface area contributed by atoms with E-state index >= 15 is 0 Å². The summed E-state index contributed by atoms with van der Waals surface area (Å²) in [5.41, 5.74) is 4.09. The number of aliphatic hydroxyl groups is 1. The summed E-state index contributed by atoms with van der Waals surface area (Å²) in [6, 6.07) is 10.7. The molecule has 0 bridgehead atoms. The second-order valence-corrected chi connectivity index (χ2v) is 4.46. The molecule has 0 spiro atoms. The molecule has 4 nitrogen and oxygen atoms in total. The average Bonchev–Trinajstić information content (AvgIpc) is 2.39. The molecule has 0 fully saturated rings. The minimum absolute atomic E-state index is 0.0629. The van der Waals surface area contributed by atoms with Gasteiger partial charge in [0.15, 0.2) is 0 Å². The van der Waals surface area contributed by atoms with Crippen molar-refractivity contribution in [3.05, 3.63) is 53.1 Å². The maximum absolute atomic E-state index is 9.46. The van der Waals surface area contributed by atoms with E-state index in [9.17, 15) is 5.11 Å². The lowest BCUT2D eigenvalue weighted by molar-refractivity contribution is 0.275. The minimum atomic E-state index is -0.223. The highest BCUT2D eigenvalue weighted by Gasteiger charge is 2.01. The predicted molar refractivity (Wildman–Crippen MR) is 74.1 cm³/mol. The van der Waals surface area contributed by atoms with Crippen molar-refractivity contribution in [2.75, 3.05) is 0 Å². The highest BCUT2D eigenvalue weighted by atomic mass is 16.3. The standard InChI is InChI=1S/C15H16N2O2/c1-10-3-5-14(11(2)7-10)17-16-13-4-6-15(19)12(8-13)9-18/h3-8,18-19H,9H2,1-2H3. The summed E-state index contributed by atoms with van der Waals surface area (Å²) in [5, 5.41) is 26.8. The van der Waals surface area contributed by atoms with Gasteiger partial charge in [-0.05, 0) is 43.7 Å². The van der Waals surface area contributed by atoms with E-state index in [1.807, 2.05) is 32.0 Å². The molecule has 0 saturated heterocycles. The summed E-state index contributed by atoms with van der Waals surface area (Å²) in [4.78, 5) is 0. The fraction of sp³-hybridized carbons (Fsp3) is 0.200. The number of hydrogen-bond donors (Lipinski definition) is 2. The molecule has 19 heavy (non-hydrogen) atoms. The van der Waals surface area contributed by atoms with Gasteiger partial charge in [-0.25, -0.2) is 0 Å². The largest absolute Gasteiger partial charge is 0.508 e. The van der Waals surface area contributed by atoms with E-state index < -0.39 is 0 Å². The van der Waals surface area contributed by atoms with E-state index in [4.69, 9.17) is 5.11 Å². The molecule has 0 aliphatic rings. The number of hydrogen-bond acceptors (Lipinski definition) is 4. The molecule has 0 unspecified atom stereocenters. The van der Waals surface area contributed by atoms with Crippen molar-refractivity contribution in [2.24, 2.45) is 10.2 Å². The molecule has 2 aromatic rings. The molecule has 2 aromatic carbocycles. The van der Waals surface area contributed by atoms with Gasteiger partial charge in [0.2, 0.25) is 0 Å². The monoisotopic (exact) mass is 256 g/mol. The Labute approximate surface area is 112 Å². The summed E-state index contributed by atoms with van der Waals surface area (Å²) in [6.07, 6.45) is 0. The molecule has 4 heteroatoms. The molecule has 98 valence electrons. The van der Waals surface area contributed by atoms with Crippen LogP contribution in [0.2, 0.25) is 0 Å². The Balaban J connectivity index is 2.27. The third kappa shape index (κ3) is 3.17. The van der Waals surface area contributed by atoms with Gasteiger partial charge in [0, 0.05) is 5.56 Å². The zero-order valence-electron chi connectivity index (χ0n) is 11.0. The van der Waals surface area contributed by atoms with Gasteiger partial charge in [-0.1, -0.05) is 17.7 Å². The van der Waals surface area contributed by atoms with E-state index in [2.05, 4.69) is 10.2 Å². The van der Waals surface area contributed by atoms with Crippen molar-refractivity contribution in [3.63, 3.8) is 0 Å². The van der Waals surface area contributed by atoms with Crippen LogP contribution in [0.25, 0.3) is 0 Å². The van der Waals surface area contributed by atoms with Gasteiger partial charge in [0.25, 0.3) is 0 Å². The fourth-order valence-corrected chi connectivity index (χ4v) is 1.79. The van der Waals surface area contributed by atoms with E-state index in [0.29, 0.717) is 11.3 Å². The first kappa shape index (κ1) is 13.2. The van der Waals surface area contributed by atoms with Crippen LogP contribution in [0.15, 0.2) is 46.6 Å². The Morgan fingerprint density at radius 1 is 1.00 bits per heavy atom. The van der Waals surface area contributed by atoms with Crippen LogP contribution in [0.5, 0.6) is 5.75 Å². The third-order valence-corrected chi connectivity index (χ3v) is 2.86. The van der Waals surface area contributed by atoms with Gasteiger partial charge in [-0.15, -0.1) is 0 Å². The lowest BCUT2D eigenvalue weighted by Gasteiger charge is -2.02. The van der Waals surface area contributed by atoms with Crippen molar-refractivity contribution >= 4 is 11.4 Å². The van der Waals surface area contributed by atoms with Gasteiger partial charge in [-0.3, -0.25) is 0 Å². The highest BCUT2D eigenvalue weighted by Crippen LogP contribution is 2.26. The second-order valence-electron chi connectivity index (χ2n) is 4.46. The maximum Gasteiger partial charge on any atom is 0.121 e. The van der Waals surface area contributed by atoms with E-state index in [0.717, 1.165) is 11.3 Å². The van der Waals surface area contributed by atoms with Crippen LogP contribution in [-0.4, -0.2) is 10.2 Å². The van der Waals surface area contributed by atoms with Gasteiger partial charge in [0.1, 0.15) is 5.75 Å². The summed E-state index contributed by atoms with van der Waals surface area (Å²) in [6.45, 7) is 3.79. The summed E-state index contributed by atoms with van der Waals surface area (Å²) >= 11 is 0. The van der Waals surface area contributed by atoms with E-state index in [1.165, 1.54) is 11.6 Å². The first-order valence-electron chi connectivity index (χ1n) is 6.02. The Bertz CT molecular complexity index is 622. The SMILES string of the molecule is Cc1ccc(N=Nc2ccc(O)c(CO)c2)c(C)c1. The normalized spacial score (nSPS) is 11.1. The van der Waals surface area contributed by atoms with E-state index in [1.54, 1.807) is 12.1 Å². The van der Waals surface area contributed by atoms with Crippen molar-refractivity contribution in [1.82, 2.24) is 0 Å². The molecular formula is C15H16N2O2. The van der Waals surface area contributed by atoms with Crippen LogP contribution in [-0.2, 0) is 6.61 Å². The molecule has 0 radical (unpaired) electrons. The van der Waals surface area contributed by atoms with Crippen molar-refractivity contribution in [1.29, 1.82) is 0 Å². The van der Waals surface area contributed by atoms with Gasteiger partial charge in [-0.2, -0.15) is 10.2 Å². The van der Waals surface area contributed by atoms with Crippen LogP contribution in [0, 0.1) is 13.8 Å². The summed E-state index contributed by atoms with van der Waals surface area (Å²) in [5.74, 6) is 0.0629. The summed E-state index contributed by atoms with van der Waals surface area (Å²) < 4.78 is 0. The highest BCUT2D eigenvalue weighted by molar-refractivity contribution is 5.49. The second kappa shape index (κ2) is 5.63. The molecule has 0 amide bonds. The van der Waals surface area contributed by atoms with Crippen LogP contribution >= 0.6 is 0 Å². The lowest BCUT2D eigenvalue weighted by atomic mass is 10.1.